The SMILES string of the molecule is COC(=O)C[C@H](c1ccc(C)o1)c1oc(C)cc(=O)c1O. The summed E-state index contributed by atoms with van der Waals surface area (Å²) < 4.78 is 15.6. The Morgan fingerprint density at radius 1 is 1.29 bits per heavy atom. The van der Waals surface area contributed by atoms with Crippen LogP contribution in [0.25, 0.3) is 0 Å². The molecule has 6 nitrogen and oxygen atoms in total. The van der Waals surface area contributed by atoms with Gasteiger partial charge in [-0.25, -0.2) is 0 Å². The molecule has 0 amide bonds. The highest BCUT2D eigenvalue weighted by molar-refractivity contribution is 5.71. The van der Waals surface area contributed by atoms with Gasteiger partial charge in [-0.1, -0.05) is 0 Å². The molecule has 0 bridgehead atoms. The Labute approximate surface area is 121 Å². The number of hydrogen-bond donors (Lipinski definition) is 1. The van der Waals surface area contributed by atoms with Crippen LogP contribution in [0.15, 0.2) is 31.8 Å². The lowest BCUT2D eigenvalue weighted by molar-refractivity contribution is -0.141. The Balaban J connectivity index is 2.54. The van der Waals surface area contributed by atoms with Gasteiger partial charge in [-0.3, -0.25) is 9.59 Å². The first-order chi connectivity index (χ1) is 9.92. The average molecular weight is 292 g/mol. The Morgan fingerprint density at radius 2 is 2.00 bits per heavy atom. The van der Waals surface area contributed by atoms with Gasteiger partial charge in [0.1, 0.15) is 17.3 Å². The van der Waals surface area contributed by atoms with Crippen LogP contribution in [0, 0.1) is 13.8 Å². The van der Waals surface area contributed by atoms with E-state index in [1.54, 1.807) is 26.0 Å². The molecule has 0 aliphatic rings. The van der Waals surface area contributed by atoms with Gasteiger partial charge in [-0.05, 0) is 26.0 Å². The predicted octanol–water partition coefficient (Wildman–Crippen LogP) is 2.25. The van der Waals surface area contributed by atoms with Crippen LogP contribution in [0.3, 0.4) is 0 Å². The number of carbonyl (C=O) groups is 1. The molecule has 112 valence electrons. The van der Waals surface area contributed by atoms with E-state index in [-0.39, 0.29) is 12.2 Å². The number of carbonyl (C=O) groups excluding carboxylic acids is 1. The lowest BCUT2D eigenvalue weighted by Crippen LogP contribution is -2.13. The molecule has 0 saturated carbocycles. The van der Waals surface area contributed by atoms with Crippen LogP contribution in [0.2, 0.25) is 0 Å². The fraction of sp³-hybridized carbons (Fsp3) is 0.333. The zero-order valence-corrected chi connectivity index (χ0v) is 12.0. The minimum absolute atomic E-state index is 0.000231. The number of esters is 1. The quantitative estimate of drug-likeness (QED) is 0.869. The molecule has 0 aromatic carbocycles. The van der Waals surface area contributed by atoms with Gasteiger partial charge >= 0.3 is 5.97 Å². The fourth-order valence-corrected chi connectivity index (χ4v) is 2.08. The molecule has 2 rings (SSSR count). The van der Waals surface area contributed by atoms with Crippen LogP contribution in [-0.2, 0) is 9.53 Å². The van der Waals surface area contributed by atoms with Gasteiger partial charge in [0.25, 0.3) is 0 Å². The molecule has 0 fully saturated rings. The first kappa shape index (κ1) is 14.9. The number of hydrogen-bond acceptors (Lipinski definition) is 6. The highest BCUT2D eigenvalue weighted by atomic mass is 16.5. The summed E-state index contributed by atoms with van der Waals surface area (Å²) in [6.07, 6.45) is -0.108. The van der Waals surface area contributed by atoms with Crippen LogP contribution >= 0.6 is 0 Å². The van der Waals surface area contributed by atoms with Crippen molar-refractivity contribution in [3.63, 3.8) is 0 Å². The van der Waals surface area contributed by atoms with Crippen molar-refractivity contribution in [3.8, 4) is 5.75 Å². The Kier molecular flexibility index (Phi) is 4.16. The topological polar surface area (TPSA) is 89.9 Å². The van der Waals surface area contributed by atoms with E-state index in [1.165, 1.54) is 13.2 Å². The minimum atomic E-state index is -0.723. The van der Waals surface area contributed by atoms with Crippen molar-refractivity contribution < 1.29 is 23.5 Å². The third kappa shape index (κ3) is 3.16. The number of methoxy groups -OCH3 is 1. The molecule has 1 N–H and O–H groups in total. The third-order valence-electron chi connectivity index (χ3n) is 3.09. The highest BCUT2D eigenvalue weighted by Crippen LogP contribution is 2.34. The van der Waals surface area contributed by atoms with Crippen LogP contribution in [0.5, 0.6) is 5.75 Å². The largest absolute Gasteiger partial charge is 0.502 e. The molecule has 2 heterocycles. The lowest BCUT2D eigenvalue weighted by atomic mass is 9.98. The van der Waals surface area contributed by atoms with Gasteiger partial charge in [0.15, 0.2) is 5.76 Å². The normalized spacial score (nSPS) is 12.1. The molecule has 1 atom stereocenters. The number of ether oxygens (including phenoxy) is 1. The molecule has 0 aliphatic heterocycles. The molecule has 2 aromatic rings. The summed E-state index contributed by atoms with van der Waals surface area (Å²) in [5.74, 6) is -0.345. The maximum absolute atomic E-state index is 11.7. The second kappa shape index (κ2) is 5.87. The Morgan fingerprint density at radius 3 is 2.57 bits per heavy atom. The molecule has 0 spiro atoms. The van der Waals surface area contributed by atoms with E-state index >= 15 is 0 Å². The van der Waals surface area contributed by atoms with E-state index in [4.69, 9.17) is 8.83 Å². The Bertz CT molecular complexity index is 709. The smallest absolute Gasteiger partial charge is 0.306 e. The van der Waals surface area contributed by atoms with Gasteiger partial charge in [0, 0.05) is 6.07 Å². The molecular weight excluding hydrogens is 276 g/mol. The fourth-order valence-electron chi connectivity index (χ4n) is 2.08. The van der Waals surface area contributed by atoms with Gasteiger partial charge in [0.2, 0.25) is 11.2 Å². The molecule has 21 heavy (non-hydrogen) atoms. The van der Waals surface area contributed by atoms with Crippen molar-refractivity contribution in [3.05, 3.63) is 51.5 Å². The van der Waals surface area contributed by atoms with E-state index in [1.807, 2.05) is 0 Å². The van der Waals surface area contributed by atoms with Crippen LogP contribution < -0.4 is 5.43 Å². The lowest BCUT2D eigenvalue weighted by Gasteiger charge is -2.14. The third-order valence-corrected chi connectivity index (χ3v) is 3.09. The first-order valence-electron chi connectivity index (χ1n) is 6.39. The summed E-state index contributed by atoms with van der Waals surface area (Å²) in [5.41, 5.74) is -0.563. The van der Waals surface area contributed by atoms with E-state index in [9.17, 15) is 14.7 Å². The van der Waals surface area contributed by atoms with Crippen LogP contribution in [0.1, 0.15) is 35.4 Å². The molecule has 0 saturated heterocycles. The van der Waals surface area contributed by atoms with Gasteiger partial charge < -0.3 is 18.7 Å². The van der Waals surface area contributed by atoms with Crippen molar-refractivity contribution in [2.24, 2.45) is 0 Å². The number of furan rings is 1. The zero-order valence-electron chi connectivity index (χ0n) is 12.0. The molecule has 2 aromatic heterocycles. The van der Waals surface area contributed by atoms with Crippen molar-refractivity contribution in [2.75, 3.05) is 7.11 Å². The summed E-state index contributed by atoms with van der Waals surface area (Å²) >= 11 is 0. The molecule has 6 heteroatoms. The van der Waals surface area contributed by atoms with Gasteiger partial charge in [0.05, 0.1) is 19.4 Å². The van der Waals surface area contributed by atoms with Crippen LogP contribution in [0.4, 0.5) is 0 Å². The maximum Gasteiger partial charge on any atom is 0.306 e. The van der Waals surface area contributed by atoms with E-state index < -0.39 is 23.1 Å². The summed E-state index contributed by atoms with van der Waals surface area (Å²) in [6.45, 7) is 3.35. The second-order valence-corrected chi connectivity index (χ2v) is 4.72. The standard InChI is InChI=1S/C15H16O6/c1-8-4-5-12(20-8)10(7-13(17)19-3)15-14(18)11(16)6-9(2)21-15/h4-6,10,18H,7H2,1-3H3/t10-/m1/s1. The van der Waals surface area contributed by atoms with Crippen molar-refractivity contribution >= 4 is 5.97 Å². The maximum atomic E-state index is 11.7. The molecule has 0 aliphatic carbocycles. The van der Waals surface area contributed by atoms with Crippen molar-refractivity contribution in [1.29, 1.82) is 0 Å². The summed E-state index contributed by atoms with van der Waals surface area (Å²) in [7, 11) is 1.26. The average Bonchev–Trinajstić information content (AvgIpc) is 2.86. The molecular formula is C15H16O6. The van der Waals surface area contributed by atoms with Gasteiger partial charge in [-0.15, -0.1) is 0 Å². The summed E-state index contributed by atoms with van der Waals surface area (Å²) in [4.78, 5) is 23.3. The predicted molar refractivity (Wildman–Crippen MR) is 73.3 cm³/mol. The van der Waals surface area contributed by atoms with Crippen molar-refractivity contribution in [2.45, 2.75) is 26.2 Å². The monoisotopic (exact) mass is 292 g/mol. The number of aryl methyl sites for hydroxylation is 2. The first-order valence-corrected chi connectivity index (χ1v) is 6.39. The molecule has 0 unspecified atom stereocenters. The van der Waals surface area contributed by atoms with E-state index in [2.05, 4.69) is 4.74 Å². The number of aromatic hydroxyl groups is 1. The van der Waals surface area contributed by atoms with Crippen molar-refractivity contribution in [1.82, 2.24) is 0 Å². The summed E-state index contributed by atoms with van der Waals surface area (Å²) in [5, 5.41) is 9.95. The van der Waals surface area contributed by atoms with Crippen LogP contribution in [-0.4, -0.2) is 18.2 Å². The van der Waals surface area contributed by atoms with Gasteiger partial charge in [-0.2, -0.15) is 0 Å². The molecule has 0 radical (unpaired) electrons. The second-order valence-electron chi connectivity index (χ2n) is 4.72. The highest BCUT2D eigenvalue weighted by Gasteiger charge is 2.28. The number of rotatable bonds is 4. The minimum Gasteiger partial charge on any atom is -0.502 e. The Hall–Kier alpha value is -2.50. The van der Waals surface area contributed by atoms with E-state index in [0.717, 1.165) is 0 Å². The summed E-state index contributed by atoms with van der Waals surface area (Å²) in [6, 6.07) is 4.58. The van der Waals surface area contributed by atoms with E-state index in [0.29, 0.717) is 17.3 Å². The zero-order chi connectivity index (χ0) is 15.6.